The summed E-state index contributed by atoms with van der Waals surface area (Å²) in [5.74, 6) is -1.45. The second-order valence-corrected chi connectivity index (χ2v) is 3.03. The standard InChI is InChI=1S/C10H9F3O2/c1-5-3-8(11)7(6(2)14)4-9(5)15-10(12)13/h3-4,10H,1-2H3. The summed E-state index contributed by atoms with van der Waals surface area (Å²) in [6.45, 7) is -0.418. The fraction of sp³-hybridized carbons (Fsp3) is 0.300. The van der Waals surface area contributed by atoms with E-state index in [0.717, 1.165) is 19.1 Å². The molecular weight excluding hydrogens is 209 g/mol. The topological polar surface area (TPSA) is 26.3 Å². The molecule has 0 fully saturated rings. The zero-order valence-electron chi connectivity index (χ0n) is 8.18. The van der Waals surface area contributed by atoms with E-state index in [2.05, 4.69) is 4.74 Å². The summed E-state index contributed by atoms with van der Waals surface area (Å²) < 4.78 is 41.2. The van der Waals surface area contributed by atoms with Gasteiger partial charge in [-0.05, 0) is 31.5 Å². The minimum absolute atomic E-state index is 0.184. The van der Waals surface area contributed by atoms with Crippen molar-refractivity contribution in [3.63, 3.8) is 0 Å². The molecule has 82 valence electrons. The lowest BCUT2D eigenvalue weighted by Gasteiger charge is -2.09. The van der Waals surface area contributed by atoms with Crippen LogP contribution in [0.3, 0.4) is 0 Å². The number of aryl methyl sites for hydroxylation is 1. The third-order valence-electron chi connectivity index (χ3n) is 1.86. The van der Waals surface area contributed by atoms with Crippen molar-refractivity contribution in [2.75, 3.05) is 0 Å². The molecule has 0 aliphatic rings. The van der Waals surface area contributed by atoms with Crippen LogP contribution in [0.2, 0.25) is 0 Å². The SMILES string of the molecule is CC(=O)c1cc(OC(F)F)c(C)cc1F. The number of benzene rings is 1. The van der Waals surface area contributed by atoms with E-state index in [9.17, 15) is 18.0 Å². The molecule has 2 nitrogen and oxygen atoms in total. The summed E-state index contributed by atoms with van der Waals surface area (Å²) >= 11 is 0. The Labute approximate surface area is 84.7 Å². The number of hydrogen-bond acceptors (Lipinski definition) is 2. The molecule has 0 unspecified atom stereocenters. The number of hydrogen-bond donors (Lipinski definition) is 0. The molecule has 0 atom stereocenters. The monoisotopic (exact) mass is 218 g/mol. The van der Waals surface area contributed by atoms with Crippen LogP contribution in [0.15, 0.2) is 12.1 Å². The lowest BCUT2D eigenvalue weighted by molar-refractivity contribution is -0.0503. The summed E-state index contributed by atoms with van der Waals surface area (Å²) in [7, 11) is 0. The molecule has 1 rings (SSSR count). The molecule has 0 radical (unpaired) electrons. The number of halogens is 3. The van der Waals surface area contributed by atoms with Crippen LogP contribution in [-0.2, 0) is 0 Å². The lowest BCUT2D eigenvalue weighted by Crippen LogP contribution is -2.06. The summed E-state index contributed by atoms with van der Waals surface area (Å²) in [6, 6.07) is 1.98. The van der Waals surface area contributed by atoms with E-state index < -0.39 is 18.2 Å². The average Bonchev–Trinajstić information content (AvgIpc) is 2.08. The maximum Gasteiger partial charge on any atom is 0.387 e. The number of carbonyl (C=O) groups is 1. The van der Waals surface area contributed by atoms with Gasteiger partial charge in [0.1, 0.15) is 11.6 Å². The highest BCUT2D eigenvalue weighted by molar-refractivity contribution is 5.94. The fourth-order valence-electron chi connectivity index (χ4n) is 1.15. The number of ketones is 1. The van der Waals surface area contributed by atoms with Crippen molar-refractivity contribution >= 4 is 5.78 Å². The van der Waals surface area contributed by atoms with Crippen molar-refractivity contribution in [3.8, 4) is 5.75 Å². The Bertz CT molecular complexity index is 388. The van der Waals surface area contributed by atoms with Crippen molar-refractivity contribution in [2.24, 2.45) is 0 Å². The Morgan fingerprint density at radius 2 is 2.00 bits per heavy atom. The molecule has 0 aliphatic heterocycles. The summed E-state index contributed by atoms with van der Waals surface area (Å²) in [6.07, 6.45) is 0. The molecule has 0 saturated heterocycles. The average molecular weight is 218 g/mol. The number of rotatable bonds is 3. The molecule has 1 aromatic rings. The molecule has 0 N–H and O–H groups in total. The Kier molecular flexibility index (Phi) is 3.34. The van der Waals surface area contributed by atoms with E-state index in [-0.39, 0.29) is 16.9 Å². The second-order valence-electron chi connectivity index (χ2n) is 3.03. The van der Waals surface area contributed by atoms with Crippen molar-refractivity contribution in [2.45, 2.75) is 20.5 Å². The van der Waals surface area contributed by atoms with Gasteiger partial charge in [-0.15, -0.1) is 0 Å². The van der Waals surface area contributed by atoms with Gasteiger partial charge in [0.2, 0.25) is 0 Å². The smallest absolute Gasteiger partial charge is 0.387 e. The number of alkyl halides is 2. The molecule has 0 saturated carbocycles. The van der Waals surface area contributed by atoms with Crippen LogP contribution in [0, 0.1) is 12.7 Å². The maximum atomic E-state index is 13.2. The first-order valence-electron chi connectivity index (χ1n) is 4.17. The molecule has 0 heterocycles. The van der Waals surface area contributed by atoms with Gasteiger partial charge in [0.05, 0.1) is 5.56 Å². The molecule has 1 aromatic carbocycles. The molecule has 0 bridgehead atoms. The van der Waals surface area contributed by atoms with Crippen molar-refractivity contribution in [1.29, 1.82) is 0 Å². The second kappa shape index (κ2) is 4.33. The molecule has 5 heteroatoms. The first-order chi connectivity index (χ1) is 6.91. The third-order valence-corrected chi connectivity index (χ3v) is 1.86. The number of Topliss-reactive ketones (excluding diaryl/α,β-unsaturated/α-hetero) is 1. The van der Waals surface area contributed by atoms with Gasteiger partial charge in [-0.25, -0.2) is 4.39 Å². The van der Waals surface area contributed by atoms with Gasteiger partial charge >= 0.3 is 6.61 Å². The Balaban J connectivity index is 3.17. The largest absolute Gasteiger partial charge is 0.435 e. The Morgan fingerprint density at radius 1 is 1.40 bits per heavy atom. The highest BCUT2D eigenvalue weighted by Gasteiger charge is 2.14. The highest BCUT2D eigenvalue weighted by Crippen LogP contribution is 2.24. The van der Waals surface area contributed by atoms with Gasteiger partial charge in [0.25, 0.3) is 0 Å². The van der Waals surface area contributed by atoms with Crippen LogP contribution < -0.4 is 4.74 Å². The molecule has 15 heavy (non-hydrogen) atoms. The Hall–Kier alpha value is -1.52. The minimum atomic E-state index is -2.99. The van der Waals surface area contributed by atoms with Gasteiger partial charge < -0.3 is 4.74 Å². The molecule has 0 spiro atoms. The van der Waals surface area contributed by atoms with Gasteiger partial charge in [-0.3, -0.25) is 4.79 Å². The fourth-order valence-corrected chi connectivity index (χ4v) is 1.15. The first-order valence-corrected chi connectivity index (χ1v) is 4.17. The highest BCUT2D eigenvalue weighted by atomic mass is 19.3. The third kappa shape index (κ3) is 2.71. The van der Waals surface area contributed by atoms with Crippen LogP contribution in [0.1, 0.15) is 22.8 Å². The molecule has 0 amide bonds. The van der Waals surface area contributed by atoms with E-state index in [1.54, 1.807) is 0 Å². The number of carbonyl (C=O) groups excluding carboxylic acids is 1. The lowest BCUT2D eigenvalue weighted by atomic mass is 10.1. The van der Waals surface area contributed by atoms with E-state index >= 15 is 0 Å². The Morgan fingerprint density at radius 3 is 2.47 bits per heavy atom. The summed E-state index contributed by atoms with van der Waals surface area (Å²) in [5, 5.41) is 0. The predicted molar refractivity (Wildman–Crippen MR) is 47.8 cm³/mol. The molecular formula is C10H9F3O2. The van der Waals surface area contributed by atoms with Crippen molar-refractivity contribution in [3.05, 3.63) is 29.1 Å². The van der Waals surface area contributed by atoms with Gasteiger partial charge in [0, 0.05) is 0 Å². The minimum Gasteiger partial charge on any atom is -0.435 e. The van der Waals surface area contributed by atoms with Crippen LogP contribution in [0.5, 0.6) is 5.75 Å². The zero-order chi connectivity index (χ0) is 11.6. The van der Waals surface area contributed by atoms with Gasteiger partial charge in [-0.1, -0.05) is 0 Å². The van der Waals surface area contributed by atoms with E-state index in [1.807, 2.05) is 0 Å². The quantitative estimate of drug-likeness (QED) is 0.729. The van der Waals surface area contributed by atoms with Crippen LogP contribution in [0.4, 0.5) is 13.2 Å². The summed E-state index contributed by atoms with van der Waals surface area (Å²) in [5.41, 5.74) is -0.0333. The first kappa shape index (κ1) is 11.6. The predicted octanol–water partition coefficient (Wildman–Crippen LogP) is 2.94. The van der Waals surface area contributed by atoms with Crippen LogP contribution in [-0.4, -0.2) is 12.4 Å². The van der Waals surface area contributed by atoms with Crippen LogP contribution >= 0.6 is 0 Å². The van der Waals surface area contributed by atoms with E-state index in [1.165, 1.54) is 6.92 Å². The van der Waals surface area contributed by atoms with Crippen LogP contribution in [0.25, 0.3) is 0 Å². The van der Waals surface area contributed by atoms with Gasteiger partial charge in [0.15, 0.2) is 5.78 Å². The molecule has 0 aromatic heterocycles. The normalized spacial score (nSPS) is 10.5. The van der Waals surface area contributed by atoms with Gasteiger partial charge in [-0.2, -0.15) is 8.78 Å². The molecule has 0 aliphatic carbocycles. The number of ether oxygens (including phenoxy) is 1. The van der Waals surface area contributed by atoms with Crippen molar-refractivity contribution in [1.82, 2.24) is 0 Å². The van der Waals surface area contributed by atoms with E-state index in [4.69, 9.17) is 0 Å². The maximum absolute atomic E-state index is 13.2. The van der Waals surface area contributed by atoms with Crippen molar-refractivity contribution < 1.29 is 22.7 Å². The zero-order valence-corrected chi connectivity index (χ0v) is 8.18. The summed E-state index contributed by atoms with van der Waals surface area (Å²) in [4.78, 5) is 10.9. The van der Waals surface area contributed by atoms with E-state index in [0.29, 0.717) is 0 Å².